The first kappa shape index (κ1) is 20.3. The lowest BCUT2D eigenvalue weighted by molar-refractivity contribution is 0.476. The maximum atomic E-state index is 4.37. The van der Waals surface area contributed by atoms with Crippen molar-refractivity contribution >= 4 is 35.6 Å². The zero-order chi connectivity index (χ0) is 17.6. The number of aromatic nitrogens is 2. The van der Waals surface area contributed by atoms with Gasteiger partial charge in [-0.3, -0.25) is 9.67 Å². The number of benzene rings is 1. The summed E-state index contributed by atoms with van der Waals surface area (Å²) in [6, 6.07) is 8.72. The Bertz CT molecular complexity index is 742. The monoisotopic (exact) mass is 466 g/mol. The summed E-state index contributed by atoms with van der Waals surface area (Å²) < 4.78 is 1.82. The number of halogens is 1. The molecule has 140 valence electrons. The predicted molar refractivity (Wildman–Crippen MR) is 118 cm³/mol. The van der Waals surface area contributed by atoms with E-state index in [1.54, 1.807) is 0 Å². The van der Waals surface area contributed by atoms with Gasteiger partial charge in [0.1, 0.15) is 0 Å². The van der Waals surface area contributed by atoms with Crippen molar-refractivity contribution in [2.75, 3.05) is 32.1 Å². The summed E-state index contributed by atoms with van der Waals surface area (Å²) in [6.07, 6.45) is 8.32. The molecule has 0 atom stereocenters. The van der Waals surface area contributed by atoms with Gasteiger partial charge in [0.2, 0.25) is 0 Å². The van der Waals surface area contributed by atoms with Gasteiger partial charge >= 0.3 is 0 Å². The summed E-state index contributed by atoms with van der Waals surface area (Å²) in [5.74, 6) is 0.872. The number of anilines is 1. The maximum absolute atomic E-state index is 4.37. The third-order valence-electron chi connectivity index (χ3n) is 4.32. The van der Waals surface area contributed by atoms with Crippen LogP contribution in [0.5, 0.6) is 0 Å². The number of aliphatic imine (C=N–C) groups is 1. The van der Waals surface area contributed by atoms with E-state index in [0.29, 0.717) is 0 Å². The van der Waals surface area contributed by atoms with E-state index in [-0.39, 0.29) is 24.0 Å². The van der Waals surface area contributed by atoms with Crippen LogP contribution >= 0.6 is 24.0 Å². The van der Waals surface area contributed by atoms with E-state index >= 15 is 0 Å². The summed E-state index contributed by atoms with van der Waals surface area (Å²) in [5, 5.41) is 7.63. The average Bonchev–Trinajstić information content (AvgIpc) is 3.28. The van der Waals surface area contributed by atoms with Crippen molar-refractivity contribution in [3.8, 4) is 0 Å². The van der Waals surface area contributed by atoms with Gasteiger partial charge in [-0.1, -0.05) is 24.3 Å². The van der Waals surface area contributed by atoms with Crippen LogP contribution in [0.2, 0.25) is 0 Å². The minimum Gasteiger partial charge on any atom is -0.364 e. The number of guanidine groups is 1. The zero-order valence-electron chi connectivity index (χ0n) is 15.6. The Morgan fingerprint density at radius 2 is 1.88 bits per heavy atom. The summed E-state index contributed by atoms with van der Waals surface area (Å²) >= 11 is 0. The minimum absolute atomic E-state index is 0. The third kappa shape index (κ3) is 5.23. The second kappa shape index (κ2) is 9.61. The first-order valence-corrected chi connectivity index (χ1v) is 8.54. The summed E-state index contributed by atoms with van der Waals surface area (Å²) in [7, 11) is 5.77. The fourth-order valence-electron chi connectivity index (χ4n) is 2.98. The number of hydrogen-bond donors (Lipinski definition) is 1. The van der Waals surface area contributed by atoms with Gasteiger partial charge in [0, 0.05) is 64.8 Å². The van der Waals surface area contributed by atoms with Gasteiger partial charge in [-0.2, -0.15) is 5.10 Å². The van der Waals surface area contributed by atoms with Crippen molar-refractivity contribution in [3.05, 3.63) is 59.9 Å². The van der Waals surface area contributed by atoms with Gasteiger partial charge < -0.3 is 15.1 Å². The van der Waals surface area contributed by atoms with E-state index in [1.807, 2.05) is 38.2 Å². The summed E-state index contributed by atoms with van der Waals surface area (Å²) in [4.78, 5) is 8.82. The van der Waals surface area contributed by atoms with Gasteiger partial charge in [-0.15, -0.1) is 24.0 Å². The SMILES string of the molecule is CN=C(NCc1ccc(N2CC=CC2)cc1)N(C)Cc1cnn(C)c1.I. The number of aryl methyl sites for hydroxylation is 1. The highest BCUT2D eigenvalue weighted by atomic mass is 127. The lowest BCUT2D eigenvalue weighted by Crippen LogP contribution is -2.37. The van der Waals surface area contributed by atoms with Crippen LogP contribution in [0.25, 0.3) is 0 Å². The van der Waals surface area contributed by atoms with Gasteiger partial charge in [-0.25, -0.2) is 0 Å². The normalized spacial score (nSPS) is 13.7. The Hall–Kier alpha value is -2.03. The summed E-state index contributed by atoms with van der Waals surface area (Å²) in [6.45, 7) is 3.53. The van der Waals surface area contributed by atoms with E-state index in [9.17, 15) is 0 Å². The van der Waals surface area contributed by atoms with Crippen LogP contribution in [0, 0.1) is 0 Å². The van der Waals surface area contributed by atoms with Crippen LogP contribution in [-0.4, -0.2) is 47.8 Å². The molecule has 0 saturated heterocycles. The number of rotatable bonds is 5. The standard InChI is InChI=1S/C19H26N6.HI/c1-20-19(23(2)14-17-13-22-24(3)15-17)21-12-16-6-8-18(9-7-16)25-10-4-5-11-25;/h4-9,13,15H,10-12,14H2,1-3H3,(H,20,21);1H. The minimum atomic E-state index is 0. The Balaban J connectivity index is 0.00000243. The van der Waals surface area contributed by atoms with E-state index in [2.05, 4.69) is 61.6 Å². The topological polar surface area (TPSA) is 48.7 Å². The molecule has 0 spiro atoms. The number of nitrogens with zero attached hydrogens (tertiary/aromatic N) is 5. The lowest BCUT2D eigenvalue weighted by atomic mass is 10.2. The first-order chi connectivity index (χ1) is 12.2. The summed E-state index contributed by atoms with van der Waals surface area (Å²) in [5.41, 5.74) is 3.68. The van der Waals surface area contributed by atoms with Crippen LogP contribution < -0.4 is 10.2 Å². The molecule has 0 bridgehead atoms. The van der Waals surface area contributed by atoms with Crippen molar-refractivity contribution in [2.45, 2.75) is 13.1 Å². The highest BCUT2D eigenvalue weighted by molar-refractivity contribution is 14.0. The molecule has 2 heterocycles. The molecule has 7 heteroatoms. The van der Waals surface area contributed by atoms with Crippen molar-refractivity contribution in [1.29, 1.82) is 0 Å². The molecule has 1 aliphatic heterocycles. The lowest BCUT2D eigenvalue weighted by Gasteiger charge is -2.22. The van der Waals surface area contributed by atoms with E-state index < -0.39 is 0 Å². The molecule has 0 aliphatic carbocycles. The second-order valence-electron chi connectivity index (χ2n) is 6.32. The van der Waals surface area contributed by atoms with E-state index in [0.717, 1.165) is 37.7 Å². The van der Waals surface area contributed by atoms with Gasteiger partial charge in [-0.05, 0) is 17.7 Å². The molecule has 0 unspecified atom stereocenters. The molecule has 1 aromatic carbocycles. The zero-order valence-corrected chi connectivity index (χ0v) is 17.9. The average molecular weight is 466 g/mol. The van der Waals surface area contributed by atoms with Gasteiger partial charge in [0.15, 0.2) is 5.96 Å². The smallest absolute Gasteiger partial charge is 0.193 e. The molecule has 2 aromatic rings. The van der Waals surface area contributed by atoms with Crippen molar-refractivity contribution in [2.24, 2.45) is 12.0 Å². The van der Waals surface area contributed by atoms with Gasteiger partial charge in [0.05, 0.1) is 6.20 Å². The Morgan fingerprint density at radius 1 is 1.19 bits per heavy atom. The molecule has 6 nitrogen and oxygen atoms in total. The molecular formula is C19H27IN6. The molecule has 0 fully saturated rings. The van der Waals surface area contributed by atoms with Crippen LogP contribution in [0.4, 0.5) is 5.69 Å². The van der Waals surface area contributed by atoms with Crippen LogP contribution in [0.15, 0.2) is 53.8 Å². The molecule has 1 aliphatic rings. The quantitative estimate of drug-likeness (QED) is 0.319. The Labute approximate surface area is 172 Å². The molecular weight excluding hydrogens is 439 g/mol. The second-order valence-corrected chi connectivity index (χ2v) is 6.32. The number of hydrogen-bond acceptors (Lipinski definition) is 3. The Kier molecular flexibility index (Phi) is 7.50. The highest BCUT2D eigenvalue weighted by Crippen LogP contribution is 2.17. The van der Waals surface area contributed by atoms with Crippen LogP contribution in [0.3, 0.4) is 0 Å². The predicted octanol–water partition coefficient (Wildman–Crippen LogP) is 2.62. The largest absolute Gasteiger partial charge is 0.364 e. The Morgan fingerprint density at radius 3 is 2.46 bits per heavy atom. The van der Waals surface area contributed by atoms with Crippen molar-refractivity contribution in [3.63, 3.8) is 0 Å². The molecule has 1 aromatic heterocycles. The molecule has 3 rings (SSSR count). The van der Waals surface area contributed by atoms with E-state index in [1.165, 1.54) is 11.3 Å². The molecule has 0 amide bonds. The molecule has 0 saturated carbocycles. The van der Waals surface area contributed by atoms with Crippen molar-refractivity contribution in [1.82, 2.24) is 20.0 Å². The first-order valence-electron chi connectivity index (χ1n) is 8.54. The van der Waals surface area contributed by atoms with E-state index in [4.69, 9.17) is 0 Å². The van der Waals surface area contributed by atoms with Crippen molar-refractivity contribution < 1.29 is 0 Å². The molecule has 26 heavy (non-hydrogen) atoms. The fourth-order valence-corrected chi connectivity index (χ4v) is 2.98. The molecule has 1 N–H and O–H groups in total. The van der Waals surface area contributed by atoms with Crippen LogP contribution in [0.1, 0.15) is 11.1 Å². The molecule has 0 radical (unpaired) electrons. The third-order valence-corrected chi connectivity index (χ3v) is 4.32. The maximum Gasteiger partial charge on any atom is 0.193 e. The fraction of sp³-hybridized carbons (Fsp3) is 0.368. The van der Waals surface area contributed by atoms with Crippen LogP contribution in [-0.2, 0) is 20.1 Å². The highest BCUT2D eigenvalue weighted by Gasteiger charge is 2.09. The van der Waals surface area contributed by atoms with Gasteiger partial charge in [0.25, 0.3) is 0 Å². The number of nitrogens with one attached hydrogen (secondary N) is 1.